The molecule has 1 aliphatic rings. The summed E-state index contributed by atoms with van der Waals surface area (Å²) in [7, 11) is 1.87. The summed E-state index contributed by atoms with van der Waals surface area (Å²) < 4.78 is 1.79. The van der Waals surface area contributed by atoms with Gasteiger partial charge in [0.1, 0.15) is 6.07 Å². The molecule has 5 nitrogen and oxygen atoms in total. The maximum absolute atomic E-state index is 12.4. The van der Waals surface area contributed by atoms with Crippen LogP contribution in [0.25, 0.3) is 0 Å². The molecule has 1 amide bonds. The number of hydrogen-bond donors (Lipinski definition) is 1. The molecule has 1 aromatic carbocycles. The molecule has 2 aromatic rings. The number of amides is 1. The molecule has 0 bridgehead atoms. The maximum atomic E-state index is 12.4. The Morgan fingerprint density at radius 2 is 2.20 bits per heavy atom. The number of aromatic nitrogens is 2. The van der Waals surface area contributed by atoms with Gasteiger partial charge in [-0.25, -0.2) is 0 Å². The largest absolute Gasteiger partial charge is 0.319 e. The number of benzene rings is 1. The third kappa shape index (κ3) is 1.95. The van der Waals surface area contributed by atoms with Crippen LogP contribution in [0.15, 0.2) is 24.3 Å². The minimum absolute atomic E-state index is 0.244. The number of nitrogens with one attached hydrogen (secondary N) is 1. The first-order chi connectivity index (χ1) is 9.70. The van der Waals surface area contributed by atoms with Crippen LogP contribution >= 0.6 is 0 Å². The van der Waals surface area contributed by atoms with E-state index in [1.54, 1.807) is 28.9 Å². The van der Waals surface area contributed by atoms with Gasteiger partial charge < -0.3 is 5.32 Å². The third-order valence-electron chi connectivity index (χ3n) is 3.63. The molecule has 0 saturated carbocycles. The van der Waals surface area contributed by atoms with Crippen LogP contribution in [0.5, 0.6) is 0 Å². The number of carbonyl (C=O) groups is 1. The molecule has 0 aliphatic heterocycles. The summed E-state index contributed by atoms with van der Waals surface area (Å²) in [6.45, 7) is 0. The van der Waals surface area contributed by atoms with Crippen molar-refractivity contribution in [1.82, 2.24) is 9.78 Å². The van der Waals surface area contributed by atoms with Gasteiger partial charge in [-0.3, -0.25) is 9.48 Å². The number of fused-ring (bicyclic) bond motifs is 1. The van der Waals surface area contributed by atoms with Crippen LogP contribution in [0.4, 0.5) is 5.69 Å². The fraction of sp³-hybridized carbons (Fsp3) is 0.267. The van der Waals surface area contributed by atoms with E-state index in [9.17, 15) is 4.79 Å². The van der Waals surface area contributed by atoms with Crippen molar-refractivity contribution in [2.75, 3.05) is 5.32 Å². The van der Waals surface area contributed by atoms with Crippen molar-refractivity contribution in [3.8, 4) is 6.07 Å². The Hall–Kier alpha value is -2.61. The van der Waals surface area contributed by atoms with Gasteiger partial charge in [-0.2, -0.15) is 10.4 Å². The van der Waals surface area contributed by atoms with Crippen molar-refractivity contribution in [3.63, 3.8) is 0 Å². The Kier molecular flexibility index (Phi) is 2.99. The van der Waals surface area contributed by atoms with Crippen molar-refractivity contribution >= 4 is 11.6 Å². The molecule has 5 heteroatoms. The second kappa shape index (κ2) is 4.82. The fourth-order valence-electron chi connectivity index (χ4n) is 2.66. The smallest absolute Gasteiger partial charge is 0.276 e. The maximum Gasteiger partial charge on any atom is 0.276 e. The van der Waals surface area contributed by atoms with Crippen LogP contribution in [0.2, 0.25) is 0 Å². The number of nitriles is 1. The van der Waals surface area contributed by atoms with E-state index in [0.29, 0.717) is 16.9 Å². The minimum Gasteiger partial charge on any atom is -0.319 e. The summed E-state index contributed by atoms with van der Waals surface area (Å²) in [5.74, 6) is -0.244. The fourth-order valence-corrected chi connectivity index (χ4v) is 2.66. The normalized spacial score (nSPS) is 12.8. The van der Waals surface area contributed by atoms with E-state index in [1.165, 1.54) is 0 Å². The van der Waals surface area contributed by atoms with Crippen LogP contribution in [-0.2, 0) is 19.9 Å². The average molecular weight is 266 g/mol. The predicted octanol–water partition coefficient (Wildman–Crippen LogP) is 2.03. The molecule has 20 heavy (non-hydrogen) atoms. The summed E-state index contributed by atoms with van der Waals surface area (Å²) >= 11 is 0. The van der Waals surface area contributed by atoms with Crippen LogP contribution in [0.1, 0.15) is 33.7 Å². The van der Waals surface area contributed by atoms with Gasteiger partial charge in [0, 0.05) is 18.3 Å². The zero-order chi connectivity index (χ0) is 14.1. The lowest BCUT2D eigenvalue weighted by Gasteiger charge is -2.05. The van der Waals surface area contributed by atoms with Crippen molar-refractivity contribution in [2.45, 2.75) is 19.3 Å². The number of carbonyl (C=O) groups excluding carboxylic acids is 1. The minimum atomic E-state index is -0.244. The molecule has 0 saturated heterocycles. The Balaban J connectivity index is 1.91. The molecule has 100 valence electrons. The summed E-state index contributed by atoms with van der Waals surface area (Å²) in [5, 5.41) is 16.1. The predicted molar refractivity (Wildman–Crippen MR) is 74.3 cm³/mol. The molecule has 1 aromatic heterocycles. The highest BCUT2D eigenvalue weighted by Gasteiger charge is 2.25. The van der Waals surface area contributed by atoms with Gasteiger partial charge in [-0.1, -0.05) is 12.1 Å². The van der Waals surface area contributed by atoms with E-state index in [4.69, 9.17) is 5.26 Å². The van der Waals surface area contributed by atoms with Crippen molar-refractivity contribution in [1.29, 1.82) is 5.26 Å². The van der Waals surface area contributed by atoms with Crippen LogP contribution in [-0.4, -0.2) is 15.7 Å². The third-order valence-corrected chi connectivity index (χ3v) is 3.63. The lowest BCUT2D eigenvalue weighted by Crippen LogP contribution is -2.15. The Bertz CT molecular complexity index is 724. The van der Waals surface area contributed by atoms with E-state index in [-0.39, 0.29) is 5.91 Å². The lowest BCUT2D eigenvalue weighted by molar-refractivity contribution is 0.102. The molecule has 3 rings (SSSR count). The number of para-hydroxylation sites is 1. The Labute approximate surface area is 116 Å². The molecular weight excluding hydrogens is 252 g/mol. The van der Waals surface area contributed by atoms with Crippen LogP contribution < -0.4 is 5.32 Å². The quantitative estimate of drug-likeness (QED) is 0.904. The number of aryl methyl sites for hydroxylation is 1. The molecule has 0 radical (unpaired) electrons. The van der Waals surface area contributed by atoms with Gasteiger partial charge in [0.05, 0.1) is 11.3 Å². The second-order valence-electron chi connectivity index (χ2n) is 4.86. The summed E-state index contributed by atoms with van der Waals surface area (Å²) in [6.07, 6.45) is 2.93. The molecule has 1 aliphatic carbocycles. The number of hydrogen-bond acceptors (Lipinski definition) is 3. The standard InChI is InChI=1S/C15H14N4O/c1-19-13-8-4-6-11(13)14(18-19)15(20)17-12-7-3-2-5-10(12)9-16/h2-3,5,7H,4,6,8H2,1H3,(H,17,20). The number of anilines is 1. The zero-order valence-electron chi connectivity index (χ0n) is 11.2. The first-order valence-corrected chi connectivity index (χ1v) is 6.56. The first kappa shape index (κ1) is 12.4. The molecule has 0 fully saturated rings. The van der Waals surface area contributed by atoms with Gasteiger partial charge >= 0.3 is 0 Å². The number of nitrogens with zero attached hydrogens (tertiary/aromatic N) is 3. The van der Waals surface area contributed by atoms with E-state index in [0.717, 1.165) is 30.5 Å². The number of rotatable bonds is 2. The Morgan fingerprint density at radius 3 is 3.00 bits per heavy atom. The van der Waals surface area contributed by atoms with Gasteiger partial charge in [0.2, 0.25) is 0 Å². The SMILES string of the molecule is Cn1nc(C(=O)Nc2ccccc2C#N)c2c1CCC2. The van der Waals surface area contributed by atoms with Gasteiger partial charge in [-0.15, -0.1) is 0 Å². The molecule has 0 spiro atoms. The topological polar surface area (TPSA) is 70.7 Å². The van der Waals surface area contributed by atoms with E-state index in [2.05, 4.69) is 16.5 Å². The summed E-state index contributed by atoms with van der Waals surface area (Å²) in [4.78, 5) is 12.4. The van der Waals surface area contributed by atoms with Crippen molar-refractivity contribution in [3.05, 3.63) is 46.8 Å². The lowest BCUT2D eigenvalue weighted by atomic mass is 10.1. The van der Waals surface area contributed by atoms with Crippen LogP contribution in [0, 0.1) is 11.3 Å². The van der Waals surface area contributed by atoms with Gasteiger partial charge in [0.25, 0.3) is 5.91 Å². The van der Waals surface area contributed by atoms with E-state index >= 15 is 0 Å². The van der Waals surface area contributed by atoms with E-state index in [1.807, 2.05) is 7.05 Å². The van der Waals surface area contributed by atoms with Crippen LogP contribution in [0.3, 0.4) is 0 Å². The highest BCUT2D eigenvalue weighted by molar-refractivity contribution is 6.04. The zero-order valence-corrected chi connectivity index (χ0v) is 11.2. The Morgan fingerprint density at radius 1 is 1.40 bits per heavy atom. The average Bonchev–Trinajstić information content (AvgIpc) is 3.04. The molecular formula is C15H14N4O. The molecule has 0 atom stereocenters. The van der Waals surface area contributed by atoms with E-state index < -0.39 is 0 Å². The molecule has 1 N–H and O–H groups in total. The first-order valence-electron chi connectivity index (χ1n) is 6.56. The summed E-state index contributed by atoms with van der Waals surface area (Å²) in [5.41, 5.74) is 3.64. The monoisotopic (exact) mass is 266 g/mol. The van der Waals surface area contributed by atoms with Gasteiger partial charge in [0.15, 0.2) is 5.69 Å². The van der Waals surface area contributed by atoms with Crippen molar-refractivity contribution < 1.29 is 4.79 Å². The van der Waals surface area contributed by atoms with Gasteiger partial charge in [-0.05, 0) is 31.4 Å². The summed E-state index contributed by atoms with van der Waals surface area (Å²) in [6, 6.07) is 9.03. The highest BCUT2D eigenvalue weighted by Crippen LogP contribution is 2.25. The highest BCUT2D eigenvalue weighted by atomic mass is 16.2. The van der Waals surface area contributed by atoms with Crippen molar-refractivity contribution in [2.24, 2.45) is 7.05 Å². The second-order valence-corrected chi connectivity index (χ2v) is 4.86. The molecule has 1 heterocycles. The molecule has 0 unspecified atom stereocenters.